The summed E-state index contributed by atoms with van der Waals surface area (Å²) in [6.07, 6.45) is 22.7. The number of guanidine groups is 3. The van der Waals surface area contributed by atoms with E-state index < -0.39 is 16.6 Å². The Morgan fingerprint density at radius 2 is 1.39 bits per heavy atom. The average Bonchev–Trinajstić information content (AvgIpc) is 1.57. The molecule has 23 heteroatoms. The number of amides is 5. The summed E-state index contributed by atoms with van der Waals surface area (Å²) in [4.78, 5) is 108. The van der Waals surface area contributed by atoms with Crippen LogP contribution in [0, 0.1) is 23.7 Å². The number of nitrogens with zero attached hydrogens (tertiary/aromatic N) is 9. The summed E-state index contributed by atoms with van der Waals surface area (Å²) in [7, 11) is 3.27. The summed E-state index contributed by atoms with van der Waals surface area (Å²) in [5.74, 6) is 2.40. The molecule has 5 atom stereocenters. The molecule has 4 fully saturated rings. The molecule has 5 amide bonds. The zero-order valence-electron chi connectivity index (χ0n) is 55.0. The lowest BCUT2D eigenvalue weighted by atomic mass is 9.74. The summed E-state index contributed by atoms with van der Waals surface area (Å²) in [6, 6.07) is 31.8. The van der Waals surface area contributed by atoms with Crippen molar-refractivity contribution in [3.05, 3.63) is 171 Å². The van der Waals surface area contributed by atoms with Gasteiger partial charge in [0.05, 0.1) is 24.2 Å². The zero-order chi connectivity index (χ0) is 67.9. The Bertz CT molecular complexity index is 4000. The number of carbonyl (C=O) groups excluding carboxylic acids is 5. The molecular weight excluding hydrogens is 1260 g/mol. The van der Waals surface area contributed by atoms with Gasteiger partial charge in [-0.25, -0.2) is 20.0 Å². The van der Waals surface area contributed by atoms with Crippen molar-refractivity contribution in [2.24, 2.45) is 55.8 Å². The number of likely N-dealkylation sites (tertiary alicyclic amines) is 1. The maximum atomic E-state index is 13.7. The van der Waals surface area contributed by atoms with Crippen molar-refractivity contribution >= 4 is 70.6 Å². The van der Waals surface area contributed by atoms with Gasteiger partial charge in [0.15, 0.2) is 29.0 Å². The lowest BCUT2D eigenvalue weighted by Gasteiger charge is -2.35. The van der Waals surface area contributed by atoms with Crippen molar-refractivity contribution in [3.63, 3.8) is 0 Å². The Kier molecular flexibility index (Phi) is 21.1. The van der Waals surface area contributed by atoms with Crippen LogP contribution >= 0.6 is 23.2 Å². The lowest BCUT2D eigenvalue weighted by molar-refractivity contribution is -0.133. The number of aliphatic imine (C=N–C) groups is 3. The van der Waals surface area contributed by atoms with Crippen LogP contribution in [0.1, 0.15) is 144 Å². The molecule has 3 saturated carbocycles. The third-order valence-electron chi connectivity index (χ3n) is 20.2. The molecule has 8 N–H and O–H groups in total. The van der Waals surface area contributed by atoms with Crippen molar-refractivity contribution in [3.8, 4) is 28.1 Å². The van der Waals surface area contributed by atoms with Crippen LogP contribution in [0.15, 0.2) is 148 Å². The van der Waals surface area contributed by atoms with Gasteiger partial charge >= 0.3 is 0 Å². The largest absolute Gasteiger partial charge is 0.481 e. The molecule has 2 unspecified atom stereocenters. The second-order valence-electron chi connectivity index (χ2n) is 26.8. The number of likely N-dealkylation sites (N-methyl/N-ethyl adjacent to an activating group) is 1. The van der Waals surface area contributed by atoms with Gasteiger partial charge in [0, 0.05) is 81.1 Å². The first-order chi connectivity index (χ1) is 46.2. The number of piperidine rings is 1. The van der Waals surface area contributed by atoms with Crippen LogP contribution in [-0.4, -0.2) is 127 Å². The van der Waals surface area contributed by atoms with Gasteiger partial charge in [-0.3, -0.25) is 48.5 Å². The minimum absolute atomic E-state index is 0.0233. The summed E-state index contributed by atoms with van der Waals surface area (Å²) in [5, 5.41) is 4.28. The van der Waals surface area contributed by atoms with Crippen LogP contribution in [-0.2, 0) is 36.8 Å². The topological polar surface area (TPSA) is 293 Å². The third-order valence-corrected chi connectivity index (χ3v) is 20.7. The van der Waals surface area contributed by atoms with Crippen molar-refractivity contribution in [2.45, 2.75) is 146 Å². The van der Waals surface area contributed by atoms with E-state index in [1.165, 1.54) is 55.5 Å². The molecule has 6 aromatic rings. The molecular formula is C73H86Cl2N14O7. The summed E-state index contributed by atoms with van der Waals surface area (Å²) in [5.41, 5.74) is 22.1. The number of nitrogens with one attached hydrogen (secondary N) is 2. The van der Waals surface area contributed by atoms with Gasteiger partial charge in [-0.05, 0) is 164 Å². The Morgan fingerprint density at radius 3 is 2.05 bits per heavy atom. The van der Waals surface area contributed by atoms with Gasteiger partial charge < -0.3 is 37.1 Å². The van der Waals surface area contributed by atoms with Crippen LogP contribution in [0.5, 0.6) is 5.88 Å². The van der Waals surface area contributed by atoms with Gasteiger partial charge in [-0.15, -0.1) is 0 Å². The van der Waals surface area contributed by atoms with Crippen molar-refractivity contribution < 1.29 is 28.7 Å². The molecule has 21 nitrogen and oxygen atoms in total. The summed E-state index contributed by atoms with van der Waals surface area (Å²) < 4.78 is 5.39. The van der Waals surface area contributed by atoms with Crippen LogP contribution < -0.4 is 32.8 Å². The first kappa shape index (κ1) is 68.4. The number of methoxy groups -OCH3 is 1. The Hall–Kier alpha value is -8.95. The second kappa shape index (κ2) is 29.6. The van der Waals surface area contributed by atoms with Gasteiger partial charge in [0.2, 0.25) is 17.3 Å². The quantitative estimate of drug-likeness (QED) is 0.0570. The predicted molar refractivity (Wildman–Crippen MR) is 372 cm³/mol. The van der Waals surface area contributed by atoms with E-state index in [-0.39, 0.29) is 64.9 Å². The molecule has 3 aromatic carbocycles. The first-order valence-corrected chi connectivity index (χ1v) is 34.2. The van der Waals surface area contributed by atoms with Crippen molar-refractivity contribution in [1.29, 1.82) is 0 Å². The van der Waals surface area contributed by atoms with E-state index in [0.717, 1.165) is 103 Å². The highest BCUT2D eigenvalue weighted by Crippen LogP contribution is 2.52. The van der Waals surface area contributed by atoms with Gasteiger partial charge in [-0.2, -0.15) is 0 Å². The highest BCUT2D eigenvalue weighted by molar-refractivity contribution is 6.31. The number of benzene rings is 3. The number of carbonyl (C=O) groups is 5. The number of aromatic nitrogens is 3. The Morgan fingerprint density at radius 1 is 0.688 bits per heavy atom. The first-order valence-electron chi connectivity index (χ1n) is 33.5. The Balaban J connectivity index is 0.000000146. The van der Waals surface area contributed by atoms with Gasteiger partial charge in [0.25, 0.3) is 23.6 Å². The normalized spacial score (nSPS) is 23.7. The van der Waals surface area contributed by atoms with E-state index in [1.54, 1.807) is 62.3 Å². The van der Waals surface area contributed by atoms with E-state index in [9.17, 15) is 28.8 Å². The fraction of sp³-hybridized carbons (Fsp3) is 0.438. The highest BCUT2D eigenvalue weighted by Gasteiger charge is 2.58. The number of pyridine rings is 3. The minimum Gasteiger partial charge on any atom is -0.481 e. The minimum atomic E-state index is -1.13. The number of nitrogens with two attached hydrogens (primary N) is 3. The highest BCUT2D eigenvalue weighted by atomic mass is 35.5. The van der Waals surface area contributed by atoms with E-state index in [0.29, 0.717) is 71.9 Å². The molecule has 0 spiro atoms. The maximum Gasteiger partial charge on any atom is 0.262 e. The summed E-state index contributed by atoms with van der Waals surface area (Å²) >= 11 is 12.3. The lowest BCUT2D eigenvalue weighted by Crippen LogP contribution is -2.46. The zero-order valence-corrected chi connectivity index (χ0v) is 56.5. The number of aromatic amines is 1. The number of H-pyrrole nitrogens is 1. The second-order valence-corrected chi connectivity index (χ2v) is 27.7. The molecule has 13 rings (SSSR count). The average molecular weight is 1340 g/mol. The molecule has 96 heavy (non-hydrogen) atoms. The van der Waals surface area contributed by atoms with Crippen molar-refractivity contribution in [2.75, 3.05) is 33.8 Å². The van der Waals surface area contributed by atoms with Gasteiger partial charge in [-0.1, -0.05) is 123 Å². The smallest absolute Gasteiger partial charge is 0.262 e. The van der Waals surface area contributed by atoms with Gasteiger partial charge in [0.1, 0.15) is 5.54 Å². The fourth-order valence-corrected chi connectivity index (χ4v) is 15.1. The molecule has 3 aromatic heterocycles. The number of hydrogen-bond donors (Lipinski definition) is 5. The van der Waals surface area contributed by atoms with E-state index in [4.69, 9.17) is 55.1 Å². The molecule has 0 bridgehead atoms. The summed E-state index contributed by atoms with van der Waals surface area (Å²) in [6.45, 7) is 5.64. The van der Waals surface area contributed by atoms with Crippen LogP contribution in [0.3, 0.4) is 0 Å². The predicted octanol–water partition coefficient (Wildman–Crippen LogP) is 10.3. The van der Waals surface area contributed by atoms with Crippen molar-refractivity contribution in [1.82, 2.24) is 39.9 Å². The van der Waals surface area contributed by atoms with Crippen LogP contribution in [0.4, 0.5) is 0 Å². The van der Waals surface area contributed by atoms with E-state index in [1.807, 2.05) is 89.8 Å². The maximum absolute atomic E-state index is 13.7. The molecule has 504 valence electrons. The number of ether oxygens (including phenoxy) is 1. The molecule has 1 saturated heterocycles. The molecule has 7 aliphatic rings. The molecule has 0 radical (unpaired) electrons. The molecule has 7 heterocycles. The third kappa shape index (κ3) is 15.2. The molecule has 4 aliphatic heterocycles. The van der Waals surface area contributed by atoms with Crippen LogP contribution in [0.25, 0.3) is 22.3 Å². The number of rotatable bonds is 17. The van der Waals surface area contributed by atoms with E-state index >= 15 is 0 Å². The number of halogens is 2. The number of hydrogen-bond acceptors (Lipinski definition) is 15. The fourth-order valence-electron chi connectivity index (χ4n) is 14.7. The SMILES string of the molecule is CN1C(=O)[C@@](CCC2CCCCC2)(C[C@H]2CCC[C@@H](NC(=O)c3ccc(=O)[nH]c3)C2)N=C1N.COc1ncc(Cl)cc1-c1cccc(C2(C)N=C(N)N(CC3CCN(C(C)=O)CC3)C2=O)c1.NC1=NC(c2cccc(-c3cccc(Cl)c3)c2)(C2CC2)C(=O)N1Cc1cccnc1. The van der Waals surface area contributed by atoms with Crippen LogP contribution in [0.2, 0.25) is 10.0 Å². The van der Waals surface area contributed by atoms with E-state index in [2.05, 4.69) is 25.3 Å². The monoisotopic (exact) mass is 1340 g/mol. The standard InChI is InChI=1S/C25H37N5O3.C24H28ClN5O3.C24H21ClN4O/c1-30-23(33)25(29-24(30)26,13-12-17-6-3-2-4-7-17)15-18-8-5-9-20(14-18)28-22(32)19-10-11-21(31)27-16-19;1-15(31)29-9-7-16(8-10-29)14-30-22(32)24(2,28-23(30)26)18-6-4-5-17(11-18)20-12-19(25)13-27-21(20)33-3;25-21-8-2-6-18(13-21)17-5-1-7-20(12-17)24(19-9-10-19)22(30)29(23(26)28-24)15-16-4-3-11-27-14-16/h10-11,16-18,20H,2-9,12-15H2,1H3,(H2,26,29)(H,27,31)(H,28,32);4-6,11-13,16H,7-10,14H2,1-3H3,(H2,26,28);1-8,11-14,19H,9-10,15H2,(H2,26,28)/t18-,20+,25+;;/m0../s1. The Labute approximate surface area is 570 Å². The molecule has 3 aliphatic carbocycles.